The highest BCUT2D eigenvalue weighted by molar-refractivity contribution is 7.88. The maximum absolute atomic E-state index is 13.3. The van der Waals surface area contributed by atoms with Gasteiger partial charge in [-0.05, 0) is 57.4 Å². The van der Waals surface area contributed by atoms with E-state index < -0.39 is 10.2 Å². The van der Waals surface area contributed by atoms with Gasteiger partial charge >= 0.3 is 10.2 Å². The Kier molecular flexibility index (Phi) is 5.88. The van der Waals surface area contributed by atoms with Gasteiger partial charge < -0.3 is 14.4 Å². The summed E-state index contributed by atoms with van der Waals surface area (Å²) in [5, 5.41) is 0. The fourth-order valence-corrected chi connectivity index (χ4v) is 4.75. The molecule has 2 aliphatic heterocycles. The second-order valence-electron chi connectivity index (χ2n) is 7.36. The highest BCUT2D eigenvalue weighted by atomic mass is 32.2. The number of amides is 1. The molecule has 0 bridgehead atoms. The van der Waals surface area contributed by atoms with E-state index in [-0.39, 0.29) is 29.4 Å². The molecule has 0 saturated carbocycles. The number of rotatable bonds is 4. The van der Waals surface area contributed by atoms with E-state index in [2.05, 4.69) is 4.40 Å². The number of piperidine rings is 1. The smallest absolute Gasteiger partial charge is 0.345 e. The fourth-order valence-electron chi connectivity index (χ4n) is 3.84. The van der Waals surface area contributed by atoms with Crippen molar-refractivity contribution in [1.29, 1.82) is 0 Å². The van der Waals surface area contributed by atoms with Gasteiger partial charge in [0.1, 0.15) is 5.70 Å². The van der Waals surface area contributed by atoms with Crippen LogP contribution in [0.25, 0.3) is 0 Å². The molecule has 0 N–H and O–H groups in total. The number of ether oxygens (including phenoxy) is 2. The zero-order chi connectivity index (χ0) is 21.3. The molecular formula is C20H27N3O5S. The van der Waals surface area contributed by atoms with Crippen LogP contribution < -0.4 is 9.47 Å². The first kappa shape index (κ1) is 21.2. The van der Waals surface area contributed by atoms with Crippen molar-refractivity contribution in [3.8, 4) is 11.5 Å². The number of benzene rings is 1. The van der Waals surface area contributed by atoms with Crippen molar-refractivity contribution in [2.75, 3.05) is 21.3 Å². The first-order valence-corrected chi connectivity index (χ1v) is 10.9. The number of carbonyl (C=O) groups is 1. The average Bonchev–Trinajstić information content (AvgIpc) is 2.69. The molecule has 0 spiro atoms. The molecule has 29 heavy (non-hydrogen) atoms. The zero-order valence-electron chi connectivity index (χ0n) is 17.4. The summed E-state index contributed by atoms with van der Waals surface area (Å²) in [6.45, 7) is 3.99. The van der Waals surface area contributed by atoms with Crippen LogP contribution in [0.5, 0.6) is 11.5 Å². The Hall–Kier alpha value is -2.55. The topological polar surface area (TPSA) is 88.5 Å². The average molecular weight is 422 g/mol. The first-order valence-electron chi connectivity index (χ1n) is 9.55. The van der Waals surface area contributed by atoms with Crippen LogP contribution in [-0.2, 0) is 15.0 Å². The summed E-state index contributed by atoms with van der Waals surface area (Å²) in [4.78, 5) is 15.1. The molecule has 0 unspecified atom stereocenters. The number of nitrogens with zero attached hydrogens (tertiary/aromatic N) is 3. The van der Waals surface area contributed by atoms with Gasteiger partial charge in [-0.25, -0.2) is 4.31 Å². The minimum atomic E-state index is -4.03. The van der Waals surface area contributed by atoms with E-state index in [9.17, 15) is 13.2 Å². The van der Waals surface area contributed by atoms with Crippen LogP contribution in [0.3, 0.4) is 0 Å². The molecule has 2 heterocycles. The van der Waals surface area contributed by atoms with E-state index in [1.54, 1.807) is 23.1 Å². The van der Waals surface area contributed by atoms with Crippen LogP contribution >= 0.6 is 0 Å². The molecule has 2 aliphatic rings. The lowest BCUT2D eigenvalue weighted by Gasteiger charge is -2.40. The SMILES string of the molecule is COc1ccc(C2=NS(=O)(=O)N(C)C(C(=O)N3[C@H](C)CCC[C@@H]3C)=C2)cc1OC. The van der Waals surface area contributed by atoms with Crippen LogP contribution in [0.1, 0.15) is 38.7 Å². The van der Waals surface area contributed by atoms with Gasteiger partial charge in [-0.1, -0.05) is 0 Å². The highest BCUT2D eigenvalue weighted by Gasteiger charge is 2.37. The summed E-state index contributed by atoms with van der Waals surface area (Å²) in [7, 11) is 0.345. The van der Waals surface area contributed by atoms with Crippen LogP contribution in [0, 0.1) is 0 Å². The summed E-state index contributed by atoms with van der Waals surface area (Å²) in [5.74, 6) is 0.663. The Labute approximate surface area is 172 Å². The predicted octanol–water partition coefficient (Wildman–Crippen LogP) is 2.36. The van der Waals surface area contributed by atoms with Gasteiger partial charge in [0, 0.05) is 24.7 Å². The Morgan fingerprint density at radius 2 is 1.72 bits per heavy atom. The first-order chi connectivity index (χ1) is 13.7. The van der Waals surface area contributed by atoms with Crippen molar-refractivity contribution in [2.24, 2.45) is 4.40 Å². The summed E-state index contributed by atoms with van der Waals surface area (Å²) in [5.41, 5.74) is 0.791. The van der Waals surface area contributed by atoms with Gasteiger partial charge in [0.2, 0.25) is 0 Å². The molecule has 0 aromatic heterocycles. The normalized spacial score (nSPS) is 23.9. The summed E-state index contributed by atoms with van der Waals surface area (Å²) >= 11 is 0. The molecule has 0 radical (unpaired) electrons. The predicted molar refractivity (Wildman–Crippen MR) is 110 cm³/mol. The van der Waals surface area contributed by atoms with E-state index in [0.29, 0.717) is 17.1 Å². The summed E-state index contributed by atoms with van der Waals surface area (Å²) < 4.78 is 40.7. The number of hydrogen-bond donors (Lipinski definition) is 0. The maximum Gasteiger partial charge on any atom is 0.345 e. The molecule has 2 atom stereocenters. The molecule has 8 nitrogen and oxygen atoms in total. The lowest BCUT2D eigenvalue weighted by molar-refractivity contribution is -0.134. The van der Waals surface area contributed by atoms with Gasteiger partial charge in [-0.15, -0.1) is 4.40 Å². The largest absolute Gasteiger partial charge is 0.493 e. The lowest BCUT2D eigenvalue weighted by atomic mass is 9.97. The quantitative estimate of drug-likeness (QED) is 0.745. The van der Waals surface area contributed by atoms with E-state index in [1.165, 1.54) is 27.3 Å². The minimum Gasteiger partial charge on any atom is -0.493 e. The van der Waals surface area contributed by atoms with Gasteiger partial charge in [-0.2, -0.15) is 8.42 Å². The van der Waals surface area contributed by atoms with Crippen molar-refractivity contribution in [3.63, 3.8) is 0 Å². The Morgan fingerprint density at radius 3 is 2.31 bits per heavy atom. The number of hydrogen-bond acceptors (Lipinski definition) is 5. The van der Waals surface area contributed by atoms with E-state index in [1.807, 2.05) is 13.8 Å². The zero-order valence-corrected chi connectivity index (χ0v) is 18.2. The van der Waals surface area contributed by atoms with Crippen molar-refractivity contribution in [3.05, 3.63) is 35.5 Å². The summed E-state index contributed by atoms with van der Waals surface area (Å²) in [6.07, 6.45) is 4.38. The number of likely N-dealkylation sites (N-methyl/N-ethyl adjacent to an activating group) is 1. The number of likely N-dealkylation sites (tertiary alicyclic amines) is 1. The Morgan fingerprint density at radius 1 is 1.10 bits per heavy atom. The lowest BCUT2D eigenvalue weighted by Crippen LogP contribution is -2.50. The number of methoxy groups -OCH3 is 2. The molecule has 3 rings (SSSR count). The van der Waals surface area contributed by atoms with Crippen molar-refractivity contribution in [1.82, 2.24) is 9.21 Å². The van der Waals surface area contributed by atoms with Crippen LogP contribution in [0.2, 0.25) is 0 Å². The molecule has 158 valence electrons. The Bertz CT molecular complexity index is 960. The van der Waals surface area contributed by atoms with E-state index in [0.717, 1.165) is 23.6 Å². The van der Waals surface area contributed by atoms with Crippen LogP contribution in [0.4, 0.5) is 0 Å². The van der Waals surface area contributed by atoms with Gasteiger partial charge in [0.25, 0.3) is 5.91 Å². The molecule has 1 aromatic rings. The second kappa shape index (κ2) is 8.06. The van der Waals surface area contributed by atoms with E-state index >= 15 is 0 Å². The van der Waals surface area contributed by atoms with Gasteiger partial charge in [0.05, 0.1) is 19.9 Å². The molecule has 1 saturated heterocycles. The maximum atomic E-state index is 13.3. The standard InChI is InChI=1S/C20H27N3O5S/c1-13-7-6-8-14(2)23(13)20(24)17-12-16(21-29(25,26)22(17)3)15-9-10-18(27-4)19(11-15)28-5/h9-14H,6-8H2,1-5H3/t13-,14+. The molecule has 1 aromatic carbocycles. The molecule has 1 fully saturated rings. The van der Waals surface area contributed by atoms with Crippen molar-refractivity contribution < 1.29 is 22.7 Å². The second-order valence-corrected chi connectivity index (χ2v) is 8.99. The monoisotopic (exact) mass is 421 g/mol. The molecular weight excluding hydrogens is 394 g/mol. The highest BCUT2D eigenvalue weighted by Crippen LogP contribution is 2.31. The summed E-state index contributed by atoms with van der Waals surface area (Å²) in [6, 6.07) is 5.10. The minimum absolute atomic E-state index is 0.0478. The third-order valence-electron chi connectivity index (χ3n) is 5.50. The molecule has 0 aliphatic carbocycles. The Balaban J connectivity index is 2.05. The molecule has 9 heteroatoms. The molecule has 1 amide bonds. The van der Waals surface area contributed by atoms with Crippen molar-refractivity contribution >= 4 is 21.8 Å². The number of allylic oxidation sites excluding steroid dienone is 1. The van der Waals surface area contributed by atoms with Crippen LogP contribution in [0.15, 0.2) is 34.4 Å². The van der Waals surface area contributed by atoms with Gasteiger partial charge in [-0.3, -0.25) is 4.79 Å². The van der Waals surface area contributed by atoms with E-state index in [4.69, 9.17) is 9.47 Å². The number of carbonyl (C=O) groups excluding carboxylic acids is 1. The van der Waals surface area contributed by atoms with Crippen LogP contribution in [-0.4, -0.2) is 62.6 Å². The van der Waals surface area contributed by atoms with Gasteiger partial charge in [0.15, 0.2) is 11.5 Å². The third kappa shape index (κ3) is 3.96. The fraction of sp³-hybridized carbons (Fsp3) is 0.500. The van der Waals surface area contributed by atoms with Crippen molar-refractivity contribution in [2.45, 2.75) is 45.2 Å². The third-order valence-corrected chi connectivity index (χ3v) is 6.82.